The van der Waals surface area contributed by atoms with Gasteiger partial charge in [0.2, 0.25) is 0 Å². The van der Waals surface area contributed by atoms with Crippen molar-refractivity contribution >= 4 is 10.9 Å². The molecule has 0 bridgehead atoms. The molecule has 0 unspecified atom stereocenters. The molecule has 2 aliphatic heterocycles. The van der Waals surface area contributed by atoms with Gasteiger partial charge in [-0.05, 0) is 42.4 Å². The summed E-state index contributed by atoms with van der Waals surface area (Å²) in [5.41, 5.74) is 5.08. The Balaban J connectivity index is 1.64. The molecule has 6 heteroatoms. The van der Waals surface area contributed by atoms with E-state index in [0.717, 1.165) is 37.7 Å². The monoisotopic (exact) mass is 421 g/mol. The van der Waals surface area contributed by atoms with E-state index in [0.29, 0.717) is 0 Å². The number of aromatic nitrogens is 1. The minimum Gasteiger partial charge on any atom is -0.497 e. The van der Waals surface area contributed by atoms with E-state index >= 15 is 0 Å². The van der Waals surface area contributed by atoms with Crippen molar-refractivity contribution in [3.63, 3.8) is 0 Å². The van der Waals surface area contributed by atoms with E-state index in [1.165, 1.54) is 27.7 Å². The summed E-state index contributed by atoms with van der Waals surface area (Å²) in [6.45, 7) is 3.84. The maximum atomic E-state index is 10.5. The minimum atomic E-state index is -0.0545. The smallest absolute Gasteiger partial charge is 0.120 e. The molecule has 0 radical (unpaired) electrons. The van der Waals surface area contributed by atoms with Gasteiger partial charge >= 0.3 is 0 Å². The molecule has 1 N–H and O–H groups in total. The predicted octanol–water partition coefficient (Wildman–Crippen LogP) is 2.93. The summed E-state index contributed by atoms with van der Waals surface area (Å²) in [6, 6.07) is 14.5. The second-order valence-corrected chi connectivity index (χ2v) is 9.11. The number of hydrogen-bond acceptors (Lipinski definition) is 5. The van der Waals surface area contributed by atoms with Gasteiger partial charge < -0.3 is 24.0 Å². The average molecular weight is 422 g/mol. The minimum absolute atomic E-state index is 0.0545. The molecule has 1 atom stereocenters. The molecule has 3 heterocycles. The molecule has 1 spiro atoms. The zero-order valence-electron chi connectivity index (χ0n) is 18.8. The van der Waals surface area contributed by atoms with Crippen LogP contribution in [0.15, 0.2) is 42.5 Å². The van der Waals surface area contributed by atoms with Crippen LogP contribution in [0.2, 0.25) is 0 Å². The first-order chi connectivity index (χ1) is 15.0. The molecule has 2 aromatic carbocycles. The molecule has 1 aromatic heterocycles. The number of methoxy groups -OCH3 is 2. The zero-order valence-corrected chi connectivity index (χ0v) is 18.8. The third kappa shape index (κ3) is 3.13. The Morgan fingerprint density at radius 3 is 2.42 bits per heavy atom. The molecule has 5 rings (SSSR count). The van der Waals surface area contributed by atoms with E-state index in [2.05, 4.69) is 58.8 Å². The first-order valence-electron chi connectivity index (χ1n) is 10.8. The van der Waals surface area contributed by atoms with Gasteiger partial charge in [0, 0.05) is 55.8 Å². The van der Waals surface area contributed by atoms with E-state index in [9.17, 15) is 5.11 Å². The average Bonchev–Trinajstić information content (AvgIpc) is 3.05. The number of ether oxygens (including phenoxy) is 2. The third-order valence-corrected chi connectivity index (χ3v) is 7.08. The number of fused-ring (bicyclic) bond motifs is 4. The molecule has 31 heavy (non-hydrogen) atoms. The van der Waals surface area contributed by atoms with Gasteiger partial charge in [0.1, 0.15) is 11.5 Å². The van der Waals surface area contributed by atoms with E-state index in [4.69, 9.17) is 9.47 Å². The summed E-state index contributed by atoms with van der Waals surface area (Å²) in [4.78, 5) is 4.83. The van der Waals surface area contributed by atoms with Crippen LogP contribution in [0.25, 0.3) is 10.9 Å². The Kier molecular flexibility index (Phi) is 4.96. The van der Waals surface area contributed by atoms with Gasteiger partial charge in [-0.25, -0.2) is 0 Å². The molecule has 0 amide bonds. The van der Waals surface area contributed by atoms with Crippen molar-refractivity contribution < 1.29 is 14.6 Å². The topological polar surface area (TPSA) is 50.1 Å². The molecular weight excluding hydrogens is 390 g/mol. The SMILES string of the molecule is COc1cccc(CN2CC3(CN(C)C3)c3c(n(C)c4cc(OC)ccc34)[C@@H]2CO)c1. The highest BCUT2D eigenvalue weighted by atomic mass is 16.5. The van der Waals surface area contributed by atoms with Gasteiger partial charge in [0.05, 0.1) is 32.4 Å². The lowest BCUT2D eigenvalue weighted by molar-refractivity contribution is 0.00291. The van der Waals surface area contributed by atoms with Crippen LogP contribution in [-0.4, -0.2) is 67.0 Å². The quantitative estimate of drug-likeness (QED) is 0.687. The van der Waals surface area contributed by atoms with E-state index in [1.807, 2.05) is 12.1 Å². The summed E-state index contributed by atoms with van der Waals surface area (Å²) >= 11 is 0. The Morgan fingerprint density at radius 1 is 1.00 bits per heavy atom. The first-order valence-corrected chi connectivity index (χ1v) is 10.8. The molecule has 164 valence electrons. The maximum absolute atomic E-state index is 10.5. The zero-order chi connectivity index (χ0) is 21.8. The van der Waals surface area contributed by atoms with Crippen molar-refractivity contribution in [2.24, 2.45) is 7.05 Å². The first kappa shape index (κ1) is 20.4. The highest BCUT2D eigenvalue weighted by Crippen LogP contribution is 2.49. The van der Waals surface area contributed by atoms with Crippen LogP contribution in [0.5, 0.6) is 11.5 Å². The van der Waals surface area contributed by atoms with Crippen LogP contribution in [0.3, 0.4) is 0 Å². The van der Waals surface area contributed by atoms with Crippen LogP contribution in [-0.2, 0) is 19.0 Å². The van der Waals surface area contributed by atoms with Gasteiger partial charge in [-0.2, -0.15) is 0 Å². The van der Waals surface area contributed by atoms with Gasteiger partial charge in [-0.1, -0.05) is 12.1 Å². The van der Waals surface area contributed by atoms with Gasteiger partial charge in [0.15, 0.2) is 0 Å². The lowest BCUT2D eigenvalue weighted by Crippen LogP contribution is -2.65. The molecule has 2 aliphatic rings. The van der Waals surface area contributed by atoms with Crippen LogP contribution in [0.4, 0.5) is 0 Å². The summed E-state index contributed by atoms with van der Waals surface area (Å²) in [6.07, 6.45) is 0. The fourth-order valence-corrected chi connectivity index (χ4v) is 5.88. The third-order valence-electron chi connectivity index (χ3n) is 7.08. The van der Waals surface area contributed by atoms with E-state index in [1.54, 1.807) is 14.2 Å². The van der Waals surface area contributed by atoms with Crippen LogP contribution in [0.1, 0.15) is 22.9 Å². The number of rotatable bonds is 5. The Labute approximate surface area is 183 Å². The highest BCUT2D eigenvalue weighted by Gasteiger charge is 2.52. The summed E-state index contributed by atoms with van der Waals surface area (Å²) < 4.78 is 13.2. The fraction of sp³-hybridized carbons (Fsp3) is 0.440. The van der Waals surface area contributed by atoms with Crippen LogP contribution < -0.4 is 9.47 Å². The van der Waals surface area contributed by atoms with Crippen molar-refractivity contribution in [1.29, 1.82) is 0 Å². The molecular formula is C25H31N3O3. The molecule has 0 aliphatic carbocycles. The lowest BCUT2D eigenvalue weighted by Gasteiger charge is -2.55. The molecule has 3 aromatic rings. The second kappa shape index (κ2) is 7.55. The van der Waals surface area contributed by atoms with Crippen molar-refractivity contribution in [1.82, 2.24) is 14.4 Å². The molecule has 0 saturated carbocycles. The molecule has 6 nitrogen and oxygen atoms in total. The van der Waals surface area contributed by atoms with Gasteiger partial charge in [-0.3, -0.25) is 4.90 Å². The summed E-state index contributed by atoms with van der Waals surface area (Å²) in [5.74, 6) is 1.73. The van der Waals surface area contributed by atoms with Crippen LogP contribution in [0, 0.1) is 0 Å². The summed E-state index contributed by atoms with van der Waals surface area (Å²) in [5, 5.41) is 11.8. The second-order valence-electron chi connectivity index (χ2n) is 9.11. The number of aliphatic hydroxyl groups is 1. The van der Waals surface area contributed by atoms with Crippen molar-refractivity contribution in [2.45, 2.75) is 18.0 Å². The number of hydrogen-bond donors (Lipinski definition) is 1. The number of likely N-dealkylation sites (tertiary alicyclic amines) is 1. The normalized spacial score (nSPS) is 20.6. The van der Waals surface area contributed by atoms with Crippen molar-refractivity contribution in [3.05, 3.63) is 59.3 Å². The standard InChI is InChI=1S/C25H31N3O3/c1-26-14-25(15-26)16-28(12-17-6-5-7-18(10-17)30-3)22(13-29)24-23(25)20-9-8-19(31-4)11-21(20)27(24)2/h5-11,22,29H,12-16H2,1-4H3/t22-/m0/s1. The molecule has 1 saturated heterocycles. The van der Waals surface area contributed by atoms with Crippen molar-refractivity contribution in [3.8, 4) is 11.5 Å². The van der Waals surface area contributed by atoms with Crippen molar-refractivity contribution in [2.75, 3.05) is 47.5 Å². The maximum Gasteiger partial charge on any atom is 0.120 e. The Morgan fingerprint density at radius 2 is 1.74 bits per heavy atom. The van der Waals surface area contributed by atoms with Gasteiger partial charge in [0.25, 0.3) is 0 Å². The predicted molar refractivity (Wildman–Crippen MR) is 122 cm³/mol. The fourth-order valence-electron chi connectivity index (χ4n) is 5.88. The number of likely N-dealkylation sites (N-methyl/N-ethyl adjacent to an activating group) is 1. The number of benzene rings is 2. The molecule has 1 fully saturated rings. The largest absolute Gasteiger partial charge is 0.497 e. The van der Waals surface area contributed by atoms with E-state index < -0.39 is 0 Å². The number of nitrogens with zero attached hydrogens (tertiary/aromatic N) is 3. The number of aliphatic hydroxyl groups excluding tert-OH is 1. The van der Waals surface area contributed by atoms with Gasteiger partial charge in [-0.15, -0.1) is 0 Å². The van der Waals surface area contributed by atoms with E-state index in [-0.39, 0.29) is 18.1 Å². The highest BCUT2D eigenvalue weighted by molar-refractivity contribution is 5.89. The Bertz CT molecular complexity index is 1120. The Hall–Kier alpha value is -2.54. The number of aryl methyl sites for hydroxylation is 1. The summed E-state index contributed by atoms with van der Waals surface area (Å²) in [7, 11) is 7.71. The van der Waals surface area contributed by atoms with Crippen LogP contribution >= 0.6 is 0 Å². The lowest BCUT2D eigenvalue weighted by atomic mass is 9.69.